The third kappa shape index (κ3) is 6.89. The zero-order chi connectivity index (χ0) is 11.2. The fourth-order valence-electron chi connectivity index (χ4n) is 1.54. The highest BCUT2D eigenvalue weighted by Gasteiger charge is 2.20. The Kier molecular flexibility index (Phi) is 5.77. The van der Waals surface area contributed by atoms with Gasteiger partial charge in [-0.2, -0.15) is 0 Å². The summed E-state index contributed by atoms with van der Waals surface area (Å²) in [5.41, 5.74) is 4.99. The summed E-state index contributed by atoms with van der Waals surface area (Å²) in [7, 11) is 0. The zero-order valence-corrected chi connectivity index (χ0v) is 9.89. The fourth-order valence-corrected chi connectivity index (χ4v) is 1.54. The van der Waals surface area contributed by atoms with Crippen LogP contribution in [0.15, 0.2) is 0 Å². The number of carbonyl (C=O) groups is 1. The molecule has 0 rings (SSSR count). The number of amides is 1. The van der Waals surface area contributed by atoms with Crippen LogP contribution in [-0.2, 0) is 4.79 Å². The van der Waals surface area contributed by atoms with Crippen LogP contribution in [0.4, 0.5) is 0 Å². The van der Waals surface area contributed by atoms with E-state index in [1.807, 2.05) is 13.8 Å². The number of carbonyl (C=O) groups excluding carboxylic acids is 1. The van der Waals surface area contributed by atoms with Gasteiger partial charge in [0.25, 0.3) is 0 Å². The Morgan fingerprint density at radius 3 is 2.50 bits per heavy atom. The molecule has 0 saturated heterocycles. The first-order chi connectivity index (χ1) is 6.37. The maximum absolute atomic E-state index is 10.8. The summed E-state index contributed by atoms with van der Waals surface area (Å²) in [6.45, 7) is 9.38. The van der Waals surface area contributed by atoms with Crippen molar-refractivity contribution in [3.8, 4) is 0 Å². The van der Waals surface area contributed by atoms with Crippen molar-refractivity contribution >= 4 is 5.91 Å². The molecule has 0 aromatic heterocycles. The second-order valence-electron chi connectivity index (χ2n) is 4.80. The lowest BCUT2D eigenvalue weighted by Gasteiger charge is -2.26. The van der Waals surface area contributed by atoms with Crippen molar-refractivity contribution in [2.24, 2.45) is 11.7 Å². The summed E-state index contributed by atoms with van der Waals surface area (Å²) in [5, 5.41) is 3.37. The van der Waals surface area contributed by atoms with Gasteiger partial charge in [0, 0.05) is 12.0 Å². The number of hydrogen-bond acceptors (Lipinski definition) is 2. The molecule has 0 radical (unpaired) electrons. The molecule has 0 fully saturated rings. The molecule has 0 aliphatic heterocycles. The Hall–Kier alpha value is -0.570. The minimum atomic E-state index is -0.245. The Morgan fingerprint density at radius 2 is 2.07 bits per heavy atom. The van der Waals surface area contributed by atoms with Crippen LogP contribution in [0.2, 0.25) is 0 Å². The molecule has 0 saturated carbocycles. The summed E-state index contributed by atoms with van der Waals surface area (Å²) in [6, 6.07) is 0. The number of rotatable bonds is 7. The molecule has 84 valence electrons. The first-order valence-electron chi connectivity index (χ1n) is 5.40. The highest BCUT2D eigenvalue weighted by molar-refractivity contribution is 5.74. The topological polar surface area (TPSA) is 55.1 Å². The number of nitrogens with one attached hydrogen (secondary N) is 1. The van der Waals surface area contributed by atoms with Crippen molar-refractivity contribution < 1.29 is 4.79 Å². The maximum Gasteiger partial charge on any atom is 0.219 e. The minimum Gasteiger partial charge on any atom is -0.370 e. The molecule has 0 spiro atoms. The van der Waals surface area contributed by atoms with E-state index in [2.05, 4.69) is 19.2 Å². The molecule has 0 aliphatic carbocycles. The van der Waals surface area contributed by atoms with Crippen LogP contribution in [-0.4, -0.2) is 18.0 Å². The molecule has 3 N–H and O–H groups in total. The van der Waals surface area contributed by atoms with E-state index < -0.39 is 0 Å². The molecule has 0 aromatic rings. The van der Waals surface area contributed by atoms with Crippen LogP contribution in [0.25, 0.3) is 0 Å². The fraction of sp³-hybridized carbons (Fsp3) is 0.909. The molecule has 3 nitrogen and oxygen atoms in total. The lowest BCUT2D eigenvalue weighted by Crippen LogP contribution is -2.44. The predicted molar refractivity (Wildman–Crippen MR) is 60.0 cm³/mol. The van der Waals surface area contributed by atoms with Crippen LogP contribution in [0.1, 0.15) is 47.0 Å². The molecule has 0 heterocycles. The smallest absolute Gasteiger partial charge is 0.219 e. The molecular formula is C11H24N2O. The monoisotopic (exact) mass is 200 g/mol. The number of nitrogens with two attached hydrogens (primary N) is 1. The van der Waals surface area contributed by atoms with Gasteiger partial charge in [0.2, 0.25) is 5.91 Å². The normalized spacial score (nSPS) is 14.0. The van der Waals surface area contributed by atoms with Crippen LogP contribution in [0.5, 0.6) is 0 Å². The molecule has 1 atom stereocenters. The molecule has 1 unspecified atom stereocenters. The van der Waals surface area contributed by atoms with Crippen LogP contribution >= 0.6 is 0 Å². The Labute approximate surface area is 87.4 Å². The third-order valence-corrected chi connectivity index (χ3v) is 2.33. The SMILES string of the molecule is CCCC(C)CNC(C)(C)CC(N)=O. The van der Waals surface area contributed by atoms with Crippen molar-refractivity contribution in [1.82, 2.24) is 5.32 Å². The van der Waals surface area contributed by atoms with Gasteiger partial charge in [0.15, 0.2) is 0 Å². The van der Waals surface area contributed by atoms with E-state index in [0.717, 1.165) is 6.54 Å². The largest absolute Gasteiger partial charge is 0.370 e. The van der Waals surface area contributed by atoms with Crippen LogP contribution in [0, 0.1) is 5.92 Å². The van der Waals surface area contributed by atoms with E-state index in [9.17, 15) is 4.79 Å². The lowest BCUT2D eigenvalue weighted by molar-refractivity contribution is -0.119. The molecule has 1 amide bonds. The Bertz CT molecular complexity index is 178. The zero-order valence-electron chi connectivity index (χ0n) is 9.89. The van der Waals surface area contributed by atoms with Gasteiger partial charge < -0.3 is 11.1 Å². The molecule has 0 bridgehead atoms. The van der Waals surface area contributed by atoms with Gasteiger partial charge in [0.1, 0.15) is 0 Å². The molecule has 3 heteroatoms. The van der Waals surface area contributed by atoms with E-state index >= 15 is 0 Å². The molecule has 0 aliphatic rings. The standard InChI is InChI=1S/C11H24N2O/c1-5-6-9(2)8-13-11(3,4)7-10(12)14/h9,13H,5-8H2,1-4H3,(H2,12,14). The second-order valence-corrected chi connectivity index (χ2v) is 4.80. The maximum atomic E-state index is 10.8. The van der Waals surface area contributed by atoms with Crippen molar-refractivity contribution in [2.75, 3.05) is 6.54 Å². The summed E-state index contributed by atoms with van der Waals surface area (Å²) >= 11 is 0. The number of hydrogen-bond donors (Lipinski definition) is 2. The third-order valence-electron chi connectivity index (χ3n) is 2.33. The van der Waals surface area contributed by atoms with Crippen LogP contribution < -0.4 is 11.1 Å². The Balaban J connectivity index is 3.80. The molecular weight excluding hydrogens is 176 g/mol. The van der Waals surface area contributed by atoms with E-state index in [4.69, 9.17) is 5.73 Å². The quantitative estimate of drug-likeness (QED) is 0.657. The van der Waals surface area contributed by atoms with Gasteiger partial charge in [0.05, 0.1) is 0 Å². The van der Waals surface area contributed by atoms with Crippen molar-refractivity contribution in [2.45, 2.75) is 52.5 Å². The molecule has 14 heavy (non-hydrogen) atoms. The number of primary amides is 1. The van der Waals surface area contributed by atoms with Gasteiger partial charge in [-0.3, -0.25) is 4.79 Å². The summed E-state index contributed by atoms with van der Waals surface area (Å²) in [6.07, 6.45) is 2.82. The first kappa shape index (κ1) is 13.4. The van der Waals surface area contributed by atoms with Gasteiger partial charge in [-0.25, -0.2) is 0 Å². The van der Waals surface area contributed by atoms with Gasteiger partial charge in [-0.1, -0.05) is 20.3 Å². The van der Waals surface area contributed by atoms with E-state index in [1.54, 1.807) is 0 Å². The minimum absolute atomic E-state index is 0.173. The van der Waals surface area contributed by atoms with Crippen molar-refractivity contribution in [1.29, 1.82) is 0 Å². The van der Waals surface area contributed by atoms with Gasteiger partial charge in [-0.05, 0) is 32.7 Å². The summed E-state index contributed by atoms with van der Waals surface area (Å²) in [4.78, 5) is 10.8. The predicted octanol–water partition coefficient (Wildman–Crippen LogP) is 1.67. The lowest BCUT2D eigenvalue weighted by atomic mass is 9.98. The van der Waals surface area contributed by atoms with Gasteiger partial charge >= 0.3 is 0 Å². The Morgan fingerprint density at radius 1 is 1.50 bits per heavy atom. The highest BCUT2D eigenvalue weighted by Crippen LogP contribution is 2.10. The average Bonchev–Trinajstić information content (AvgIpc) is 1.99. The van der Waals surface area contributed by atoms with Crippen molar-refractivity contribution in [3.63, 3.8) is 0 Å². The second kappa shape index (κ2) is 6.02. The van der Waals surface area contributed by atoms with Crippen molar-refractivity contribution in [3.05, 3.63) is 0 Å². The average molecular weight is 200 g/mol. The molecule has 0 aromatic carbocycles. The van der Waals surface area contributed by atoms with E-state index in [-0.39, 0.29) is 11.4 Å². The van der Waals surface area contributed by atoms with E-state index in [1.165, 1.54) is 12.8 Å². The summed E-state index contributed by atoms with van der Waals surface area (Å²) < 4.78 is 0. The summed E-state index contributed by atoms with van der Waals surface area (Å²) in [5.74, 6) is 0.415. The highest BCUT2D eigenvalue weighted by atomic mass is 16.1. The van der Waals surface area contributed by atoms with Gasteiger partial charge in [-0.15, -0.1) is 0 Å². The van der Waals surface area contributed by atoms with Crippen LogP contribution in [0.3, 0.4) is 0 Å². The first-order valence-corrected chi connectivity index (χ1v) is 5.40. The van der Waals surface area contributed by atoms with E-state index in [0.29, 0.717) is 12.3 Å².